The van der Waals surface area contributed by atoms with Crippen LogP contribution in [0.1, 0.15) is 11.1 Å². The number of ether oxygens (including phenoxy) is 1. The summed E-state index contributed by atoms with van der Waals surface area (Å²) >= 11 is 0. The van der Waals surface area contributed by atoms with Gasteiger partial charge in [-0.1, -0.05) is 24.3 Å². The molecule has 0 bridgehead atoms. The maximum absolute atomic E-state index is 12.8. The van der Waals surface area contributed by atoms with E-state index in [-0.39, 0.29) is 12.8 Å². The first kappa shape index (κ1) is 18.3. The second-order valence-electron chi connectivity index (χ2n) is 6.28. The molecule has 0 radical (unpaired) electrons. The largest absolute Gasteiger partial charge is 0.473 e. The lowest BCUT2D eigenvalue weighted by molar-refractivity contribution is 0.231. The average Bonchev–Trinajstić information content (AvgIpc) is 2.67. The summed E-state index contributed by atoms with van der Waals surface area (Å²) in [4.78, 5) is 14.4. The molecule has 0 aromatic heterocycles. The Labute approximate surface area is 159 Å². The fraction of sp³-hybridized carbons (Fsp3) is 0.136. The topological polar surface area (TPSA) is 67.6 Å². The first-order valence-corrected chi connectivity index (χ1v) is 8.73. The van der Waals surface area contributed by atoms with E-state index in [1.54, 1.807) is 17.0 Å². The summed E-state index contributed by atoms with van der Waals surface area (Å²) in [5.41, 5.74) is 10.2. The minimum absolute atomic E-state index is 0.0691. The lowest BCUT2D eigenvalue weighted by Crippen LogP contribution is -2.38. The van der Waals surface area contributed by atoms with Crippen LogP contribution < -0.4 is 20.7 Å². The molecule has 0 unspecified atom stereocenters. The lowest BCUT2D eigenvalue weighted by Gasteiger charge is -2.23. The molecule has 0 aliphatic rings. The van der Waals surface area contributed by atoms with Crippen molar-refractivity contribution in [3.05, 3.63) is 83.9 Å². The van der Waals surface area contributed by atoms with Gasteiger partial charge in [0.25, 0.3) is 0 Å². The maximum Gasteiger partial charge on any atom is 0.329 e. The van der Waals surface area contributed by atoms with Crippen molar-refractivity contribution in [1.82, 2.24) is 5.32 Å². The fourth-order valence-electron chi connectivity index (χ4n) is 2.65. The van der Waals surface area contributed by atoms with Crippen LogP contribution in [-0.2, 0) is 0 Å². The van der Waals surface area contributed by atoms with E-state index < -0.39 is 0 Å². The Morgan fingerprint density at radius 2 is 1.59 bits per heavy atom. The molecule has 3 N–H and O–H groups in total. The third-order valence-corrected chi connectivity index (χ3v) is 4.31. The highest BCUT2D eigenvalue weighted by molar-refractivity contribution is 5.99. The number of benzene rings is 3. The molecule has 5 heteroatoms. The van der Waals surface area contributed by atoms with E-state index in [2.05, 4.69) is 5.32 Å². The molecule has 2 amide bonds. The number of nitrogens with zero attached hydrogens (tertiary/aromatic N) is 1. The van der Waals surface area contributed by atoms with Gasteiger partial charge in [-0.2, -0.15) is 0 Å². The average molecular weight is 361 g/mol. The number of nitrogens with one attached hydrogen (secondary N) is 1. The van der Waals surface area contributed by atoms with Crippen molar-refractivity contribution in [3.8, 4) is 5.75 Å². The molecule has 3 aromatic carbocycles. The third-order valence-electron chi connectivity index (χ3n) is 4.31. The zero-order chi connectivity index (χ0) is 19.2. The van der Waals surface area contributed by atoms with Gasteiger partial charge in [-0.25, -0.2) is 4.79 Å². The molecule has 0 aliphatic carbocycles. The zero-order valence-electron chi connectivity index (χ0n) is 15.5. The summed E-state index contributed by atoms with van der Waals surface area (Å²) in [7, 11) is 0. The second-order valence-corrected chi connectivity index (χ2v) is 6.28. The van der Waals surface area contributed by atoms with Crippen molar-refractivity contribution in [2.24, 2.45) is 0 Å². The number of carbonyl (C=O) groups excluding carboxylic acids is 1. The van der Waals surface area contributed by atoms with Crippen LogP contribution in [0.2, 0.25) is 0 Å². The van der Waals surface area contributed by atoms with Crippen molar-refractivity contribution < 1.29 is 9.53 Å². The molecule has 3 aromatic rings. The molecular weight excluding hydrogens is 338 g/mol. The van der Waals surface area contributed by atoms with E-state index >= 15 is 0 Å². The number of hydrogen-bond acceptors (Lipinski definition) is 3. The summed E-state index contributed by atoms with van der Waals surface area (Å²) in [5.74, 6) is 0.720. The first-order chi connectivity index (χ1) is 13.0. The molecule has 0 saturated heterocycles. The fourth-order valence-corrected chi connectivity index (χ4v) is 2.65. The van der Waals surface area contributed by atoms with Crippen LogP contribution in [0.3, 0.4) is 0 Å². The number of anilines is 3. The van der Waals surface area contributed by atoms with E-state index in [9.17, 15) is 4.79 Å². The van der Waals surface area contributed by atoms with Crippen molar-refractivity contribution >= 4 is 23.1 Å². The first-order valence-electron chi connectivity index (χ1n) is 8.73. The number of hydrogen-bond donors (Lipinski definition) is 2. The molecular formula is C22H23N3O2. The Morgan fingerprint density at radius 3 is 2.26 bits per heavy atom. The number of rotatable bonds is 5. The van der Waals surface area contributed by atoms with Gasteiger partial charge in [-0.3, -0.25) is 4.90 Å². The van der Waals surface area contributed by atoms with E-state index in [4.69, 9.17) is 10.5 Å². The van der Waals surface area contributed by atoms with E-state index in [0.29, 0.717) is 5.69 Å². The molecule has 0 saturated carbocycles. The number of amides is 2. The highest BCUT2D eigenvalue weighted by Crippen LogP contribution is 2.26. The monoisotopic (exact) mass is 361 g/mol. The Kier molecular flexibility index (Phi) is 5.61. The summed E-state index contributed by atoms with van der Waals surface area (Å²) in [6.07, 6.45) is 0. The summed E-state index contributed by atoms with van der Waals surface area (Å²) in [5, 5.41) is 2.81. The lowest BCUT2D eigenvalue weighted by atomic mass is 10.1. The number of nitrogen functional groups attached to an aromatic ring is 1. The van der Waals surface area contributed by atoms with Crippen molar-refractivity contribution in [3.63, 3.8) is 0 Å². The molecule has 0 spiro atoms. The SMILES string of the molecule is Cc1ccc(OCNC(=O)N(c2ccccc2)c2ccc(N)cc2)cc1C. The number of carbonyl (C=O) groups is 1. The van der Waals surface area contributed by atoms with Crippen LogP contribution in [0.4, 0.5) is 21.9 Å². The molecule has 27 heavy (non-hydrogen) atoms. The smallest absolute Gasteiger partial charge is 0.329 e. The number of aryl methyl sites for hydroxylation is 2. The Balaban J connectivity index is 1.73. The van der Waals surface area contributed by atoms with Gasteiger partial charge in [0, 0.05) is 5.69 Å². The van der Waals surface area contributed by atoms with Gasteiger partial charge in [0.1, 0.15) is 5.75 Å². The Bertz CT molecular complexity index is 909. The molecule has 0 aliphatic heterocycles. The van der Waals surface area contributed by atoms with Gasteiger partial charge in [0.05, 0.1) is 11.4 Å². The maximum atomic E-state index is 12.8. The van der Waals surface area contributed by atoms with Crippen LogP contribution >= 0.6 is 0 Å². The van der Waals surface area contributed by atoms with Gasteiger partial charge in [0.2, 0.25) is 0 Å². The van der Waals surface area contributed by atoms with Gasteiger partial charge in [-0.05, 0) is 73.5 Å². The Hall–Kier alpha value is -3.47. The van der Waals surface area contributed by atoms with E-state index in [0.717, 1.165) is 22.7 Å². The number of para-hydroxylation sites is 1. The molecule has 0 fully saturated rings. The predicted octanol–water partition coefficient (Wildman–Crippen LogP) is 4.77. The van der Waals surface area contributed by atoms with Gasteiger partial charge >= 0.3 is 6.03 Å². The number of urea groups is 1. The van der Waals surface area contributed by atoms with Crippen LogP contribution in [0.5, 0.6) is 5.75 Å². The van der Waals surface area contributed by atoms with Crippen molar-refractivity contribution in [1.29, 1.82) is 0 Å². The molecule has 0 heterocycles. The van der Waals surface area contributed by atoms with Gasteiger partial charge in [-0.15, -0.1) is 0 Å². The van der Waals surface area contributed by atoms with Crippen LogP contribution in [0.15, 0.2) is 72.8 Å². The second kappa shape index (κ2) is 8.27. The van der Waals surface area contributed by atoms with E-state index in [1.165, 1.54) is 5.56 Å². The van der Waals surface area contributed by atoms with E-state index in [1.807, 2.05) is 74.5 Å². The summed E-state index contributed by atoms with van der Waals surface area (Å²) in [6.45, 7) is 4.14. The highest BCUT2D eigenvalue weighted by Gasteiger charge is 2.17. The standard InChI is InChI=1S/C22H23N3O2/c1-16-8-13-21(14-17(16)2)27-15-24-22(26)25(19-6-4-3-5-7-19)20-11-9-18(23)10-12-20/h3-14H,15,23H2,1-2H3,(H,24,26). The van der Waals surface area contributed by atoms with Gasteiger partial charge < -0.3 is 15.8 Å². The molecule has 5 nitrogen and oxygen atoms in total. The van der Waals surface area contributed by atoms with Crippen LogP contribution in [0.25, 0.3) is 0 Å². The third kappa shape index (κ3) is 4.58. The summed E-state index contributed by atoms with van der Waals surface area (Å²) < 4.78 is 5.67. The zero-order valence-corrected chi connectivity index (χ0v) is 15.5. The molecule has 0 atom stereocenters. The minimum atomic E-state index is -0.283. The Morgan fingerprint density at radius 1 is 0.926 bits per heavy atom. The van der Waals surface area contributed by atoms with Gasteiger partial charge in [0.15, 0.2) is 6.73 Å². The van der Waals surface area contributed by atoms with Crippen molar-refractivity contribution in [2.75, 3.05) is 17.4 Å². The normalized spacial score (nSPS) is 10.3. The molecule has 3 rings (SSSR count). The summed E-state index contributed by atoms with van der Waals surface area (Å²) in [6, 6.07) is 22.2. The minimum Gasteiger partial charge on any atom is -0.473 e. The predicted molar refractivity (Wildman–Crippen MR) is 109 cm³/mol. The highest BCUT2D eigenvalue weighted by atomic mass is 16.5. The number of nitrogens with two attached hydrogens (primary N) is 1. The molecule has 138 valence electrons. The van der Waals surface area contributed by atoms with Crippen LogP contribution in [-0.4, -0.2) is 12.8 Å². The van der Waals surface area contributed by atoms with Crippen molar-refractivity contribution in [2.45, 2.75) is 13.8 Å². The quantitative estimate of drug-likeness (QED) is 0.508. The van der Waals surface area contributed by atoms with Crippen LogP contribution in [0, 0.1) is 13.8 Å².